The van der Waals surface area contributed by atoms with E-state index in [1.54, 1.807) is 0 Å². The number of unbranched alkanes of at least 4 members (excludes halogenated alkanes) is 3. The van der Waals surface area contributed by atoms with Gasteiger partial charge in [-0.1, -0.05) is 0 Å². The van der Waals surface area contributed by atoms with Gasteiger partial charge in [0.2, 0.25) is 0 Å². The summed E-state index contributed by atoms with van der Waals surface area (Å²) in [6.45, 7) is 18.9. The molecule has 2 rings (SSSR count). The zero-order chi connectivity index (χ0) is 22.4. The third-order valence-electron chi connectivity index (χ3n) is 7.85. The van der Waals surface area contributed by atoms with Crippen molar-refractivity contribution in [2.24, 2.45) is 0 Å². The van der Waals surface area contributed by atoms with Gasteiger partial charge in [-0.2, -0.15) is 0 Å². The van der Waals surface area contributed by atoms with Gasteiger partial charge in [0, 0.05) is 0 Å². The van der Waals surface area contributed by atoms with Gasteiger partial charge in [-0.05, 0) is 0 Å². The van der Waals surface area contributed by atoms with Gasteiger partial charge < -0.3 is 0 Å². The minimum atomic E-state index is -2.51. The van der Waals surface area contributed by atoms with Crippen molar-refractivity contribution < 1.29 is 8.84 Å². The van der Waals surface area contributed by atoms with Crippen LogP contribution in [-0.2, 0) is 10.8 Å². The van der Waals surface area contributed by atoms with Crippen molar-refractivity contribution in [3.63, 3.8) is 0 Å². The van der Waals surface area contributed by atoms with Crippen LogP contribution in [-0.4, -0.2) is 26.7 Å². The molecule has 1 heterocycles. The molecule has 1 unspecified atom stereocenters. The van der Waals surface area contributed by atoms with Gasteiger partial charge in [0.15, 0.2) is 0 Å². The zero-order valence-corrected chi connectivity index (χ0v) is 25.3. The maximum atomic E-state index is 6.94. The predicted octanol–water partition coefficient (Wildman–Crippen LogP) is 8.73. The summed E-state index contributed by atoms with van der Waals surface area (Å²) in [7, 11) is -1.78. The molecule has 0 bridgehead atoms. The fraction of sp³-hybridized carbons (Fsp3) is 0.846. The second-order valence-corrected chi connectivity index (χ2v) is 29.1. The van der Waals surface area contributed by atoms with Crippen LogP contribution in [0.5, 0.6) is 0 Å². The molecule has 0 N–H and O–H groups in total. The van der Waals surface area contributed by atoms with Crippen LogP contribution >= 0.6 is 0 Å². The maximum absolute atomic E-state index is 6.94. The molecule has 1 aliphatic carbocycles. The third-order valence-corrected chi connectivity index (χ3v) is 27.2. The summed E-state index contributed by atoms with van der Waals surface area (Å²) in [6, 6.07) is 2.54. The van der Waals surface area contributed by atoms with Gasteiger partial charge in [0.1, 0.15) is 0 Å². The van der Waals surface area contributed by atoms with Crippen LogP contribution < -0.4 is 3.78 Å². The average Bonchev–Trinajstić information content (AvgIpc) is 3.12. The molecule has 0 spiro atoms. The van der Waals surface area contributed by atoms with Crippen molar-refractivity contribution >= 4 is 30.5 Å². The Balaban J connectivity index is 2.39. The van der Waals surface area contributed by atoms with E-state index in [4.69, 9.17) is 8.84 Å². The van der Waals surface area contributed by atoms with Crippen LogP contribution in [0.4, 0.5) is 0 Å². The van der Waals surface area contributed by atoms with E-state index in [9.17, 15) is 0 Å². The minimum absolute atomic E-state index is 0.254. The fourth-order valence-electron chi connectivity index (χ4n) is 4.72. The number of furan rings is 1. The predicted molar refractivity (Wildman–Crippen MR) is 137 cm³/mol. The van der Waals surface area contributed by atoms with Crippen LogP contribution in [0.1, 0.15) is 110 Å². The second-order valence-electron chi connectivity index (χ2n) is 11.3. The van der Waals surface area contributed by atoms with Gasteiger partial charge >= 0.3 is 194 Å². The first-order valence-corrected chi connectivity index (χ1v) is 23.3. The first-order chi connectivity index (χ1) is 14.1. The van der Waals surface area contributed by atoms with Crippen molar-refractivity contribution in [1.29, 1.82) is 0 Å². The molecule has 0 aromatic carbocycles. The van der Waals surface area contributed by atoms with Gasteiger partial charge in [0.05, 0.1) is 0 Å². The van der Waals surface area contributed by atoms with E-state index in [0.29, 0.717) is 0 Å². The van der Waals surface area contributed by atoms with Crippen LogP contribution in [0.3, 0.4) is 0 Å². The van der Waals surface area contributed by atoms with Gasteiger partial charge in [0.25, 0.3) is 0 Å². The number of rotatable bonds is 12. The first kappa shape index (κ1) is 26.5. The topological polar surface area (TPSA) is 22.4 Å². The molecule has 0 aliphatic heterocycles. The fourth-order valence-corrected chi connectivity index (χ4v) is 21.4. The molecule has 4 heteroatoms. The van der Waals surface area contributed by atoms with Crippen LogP contribution in [0.2, 0.25) is 31.4 Å². The van der Waals surface area contributed by atoms with E-state index < -0.39 is 26.7 Å². The molecule has 0 fully saturated rings. The van der Waals surface area contributed by atoms with Gasteiger partial charge in [-0.25, -0.2) is 0 Å². The summed E-state index contributed by atoms with van der Waals surface area (Å²) < 4.78 is 19.7. The molecule has 30 heavy (non-hydrogen) atoms. The van der Waals surface area contributed by atoms with E-state index in [2.05, 4.69) is 60.7 Å². The molecule has 0 saturated heterocycles. The molecule has 1 atom stereocenters. The molecule has 0 saturated carbocycles. The first-order valence-electron chi connectivity index (χ1n) is 12.9. The van der Waals surface area contributed by atoms with Crippen LogP contribution in [0.25, 0.3) is 0 Å². The van der Waals surface area contributed by atoms with Crippen molar-refractivity contribution in [3.05, 3.63) is 17.4 Å². The van der Waals surface area contributed by atoms with Gasteiger partial charge in [-0.15, -0.1) is 0 Å². The molecular formula is C26H50O2SiSn. The van der Waals surface area contributed by atoms with Crippen molar-refractivity contribution in [1.82, 2.24) is 0 Å². The van der Waals surface area contributed by atoms with E-state index in [0.717, 1.165) is 6.42 Å². The molecular weight excluding hydrogens is 491 g/mol. The summed E-state index contributed by atoms with van der Waals surface area (Å²) in [5.41, 5.74) is 1.44. The van der Waals surface area contributed by atoms with Crippen molar-refractivity contribution in [2.75, 3.05) is 0 Å². The normalized spacial score (nSPS) is 17.9. The number of fused-ring (bicyclic) bond motifs is 1. The summed E-state index contributed by atoms with van der Waals surface area (Å²) in [5, 5.41) is 0.254. The van der Waals surface area contributed by atoms with Gasteiger partial charge in [-0.3, -0.25) is 0 Å². The van der Waals surface area contributed by atoms with E-state index >= 15 is 0 Å². The van der Waals surface area contributed by atoms with E-state index in [1.165, 1.54) is 79.8 Å². The summed E-state index contributed by atoms with van der Waals surface area (Å²) in [5.74, 6) is 1.28. The number of hydrogen-bond donors (Lipinski definition) is 0. The SMILES string of the molecule is CCC[CH2][Sn]([CH2]CCC)([CH2]CCC)[c]1cc2c(o1)CCCC2O[Si](C)(C)C(C)(C)C. The molecule has 174 valence electrons. The summed E-state index contributed by atoms with van der Waals surface area (Å²) in [4.78, 5) is 0. The Morgan fingerprint density at radius 1 is 1.00 bits per heavy atom. The Morgan fingerprint density at radius 3 is 2.00 bits per heavy atom. The molecule has 2 nitrogen and oxygen atoms in total. The quantitative estimate of drug-likeness (QED) is 0.247. The Hall–Kier alpha value is 0.256. The molecule has 0 amide bonds. The molecule has 1 aromatic heterocycles. The Kier molecular flexibility index (Phi) is 10.1. The Morgan fingerprint density at radius 2 is 1.53 bits per heavy atom. The van der Waals surface area contributed by atoms with E-state index in [1.807, 2.05) is 0 Å². The second kappa shape index (κ2) is 11.4. The van der Waals surface area contributed by atoms with Crippen molar-refractivity contribution in [2.45, 2.75) is 137 Å². The average molecular weight is 541 g/mol. The molecule has 1 aromatic rings. The molecule has 1 aliphatic rings. The van der Waals surface area contributed by atoms with Crippen LogP contribution in [0.15, 0.2) is 10.5 Å². The van der Waals surface area contributed by atoms with E-state index in [-0.39, 0.29) is 11.1 Å². The molecule has 0 radical (unpaired) electrons. The number of aryl methyl sites for hydroxylation is 1. The Labute approximate surface area is 192 Å². The monoisotopic (exact) mass is 542 g/mol. The Bertz CT molecular complexity index is 622. The summed E-state index contributed by atoms with van der Waals surface area (Å²) in [6.07, 6.45) is 11.9. The zero-order valence-electron chi connectivity index (χ0n) is 21.5. The summed E-state index contributed by atoms with van der Waals surface area (Å²) >= 11 is -2.51. The van der Waals surface area contributed by atoms with Crippen molar-refractivity contribution in [3.8, 4) is 0 Å². The third kappa shape index (κ3) is 6.40. The number of hydrogen-bond acceptors (Lipinski definition) is 2. The van der Waals surface area contributed by atoms with Crippen LogP contribution in [0, 0.1) is 0 Å². The standard InChI is InChI=1S/C14H23O2Si.3C4H9.Sn/c1-14(2,3)17(4,5)16-13-8-6-7-12-11(13)9-10-15-12;3*1-3-4-2;/h9,13H,6-8H2,1-5H3;3*1,3-4H2,2H3;.